The average Bonchev–Trinajstić information content (AvgIpc) is 3.26. The summed E-state index contributed by atoms with van der Waals surface area (Å²) >= 11 is 0. The maximum Gasteiger partial charge on any atom is 0.306 e. The normalized spacial score (nSPS) is 12.6. The highest BCUT2D eigenvalue weighted by Crippen LogP contribution is 2.14. The van der Waals surface area contributed by atoms with Crippen molar-refractivity contribution in [3.8, 4) is 0 Å². The highest BCUT2D eigenvalue weighted by molar-refractivity contribution is 5.71. The summed E-state index contributed by atoms with van der Waals surface area (Å²) in [5.74, 6) is -0.938. The van der Waals surface area contributed by atoms with Crippen LogP contribution in [0.3, 0.4) is 0 Å². The second kappa shape index (κ2) is 49.5. The lowest BCUT2D eigenvalue weighted by Crippen LogP contribution is -2.30. The molecule has 0 fully saturated rings. The Hall–Kier alpha value is -3.15. The Morgan fingerprint density at radius 1 is 0.328 bits per heavy atom. The smallest absolute Gasteiger partial charge is 0.306 e. The third-order valence-electron chi connectivity index (χ3n) is 10.7. The van der Waals surface area contributed by atoms with E-state index < -0.39 is 6.10 Å². The van der Waals surface area contributed by atoms with Crippen LogP contribution < -0.4 is 0 Å². The summed E-state index contributed by atoms with van der Waals surface area (Å²) in [6, 6.07) is 0. The van der Waals surface area contributed by atoms with E-state index in [0.717, 1.165) is 109 Å². The molecular formula is C55H94O6. The molecule has 0 aromatic carbocycles. The molecule has 0 spiro atoms. The monoisotopic (exact) mass is 851 g/mol. The largest absolute Gasteiger partial charge is 0.462 e. The molecule has 0 aliphatic rings. The van der Waals surface area contributed by atoms with E-state index in [4.69, 9.17) is 14.2 Å². The molecule has 0 rings (SSSR count). The summed E-state index contributed by atoms with van der Waals surface area (Å²) < 4.78 is 16.7. The predicted octanol–water partition coefficient (Wildman–Crippen LogP) is 16.6. The number of carbonyl (C=O) groups excluding carboxylic acids is 3. The van der Waals surface area contributed by atoms with E-state index in [1.54, 1.807) is 0 Å². The van der Waals surface area contributed by atoms with Crippen LogP contribution in [0.2, 0.25) is 0 Å². The fourth-order valence-electron chi connectivity index (χ4n) is 6.79. The van der Waals surface area contributed by atoms with Gasteiger partial charge in [0.15, 0.2) is 6.10 Å². The standard InChI is InChI=1S/C55H94O6/c1-4-7-10-13-16-19-22-24-26-27-28-29-30-32-33-36-39-42-45-48-54(57)60-51-52(50-59-53(56)47-44-41-38-35-21-18-15-12-9-6-3)61-55(58)49-46-43-40-37-34-31-25-23-20-17-14-11-8-5-2/h14,16-17,19,23-26,28-29,32-33,52H,4-13,15,18,20-22,27,30-31,34-51H2,1-3H3/b17-14-,19-16-,25-23-,26-24-,29-28-,33-32-/t52-/m1/s1. The van der Waals surface area contributed by atoms with Gasteiger partial charge in [0, 0.05) is 19.3 Å². The highest BCUT2D eigenvalue weighted by atomic mass is 16.6. The quantitative estimate of drug-likeness (QED) is 0.0263. The summed E-state index contributed by atoms with van der Waals surface area (Å²) in [6.45, 7) is 6.51. The van der Waals surface area contributed by atoms with Crippen LogP contribution in [0.4, 0.5) is 0 Å². The Bertz CT molecular complexity index is 1160. The lowest BCUT2D eigenvalue weighted by Gasteiger charge is -2.18. The van der Waals surface area contributed by atoms with Gasteiger partial charge in [-0.2, -0.15) is 0 Å². The minimum atomic E-state index is -0.793. The van der Waals surface area contributed by atoms with Gasteiger partial charge >= 0.3 is 17.9 Å². The molecule has 0 heterocycles. The highest BCUT2D eigenvalue weighted by Gasteiger charge is 2.19. The molecule has 0 aliphatic carbocycles. The van der Waals surface area contributed by atoms with Crippen LogP contribution in [0.5, 0.6) is 0 Å². The molecule has 0 saturated carbocycles. The summed E-state index contributed by atoms with van der Waals surface area (Å²) in [5, 5.41) is 0. The first-order chi connectivity index (χ1) is 30.0. The number of esters is 3. The first-order valence-electron chi connectivity index (χ1n) is 25.4. The average molecular weight is 851 g/mol. The summed E-state index contributed by atoms with van der Waals surface area (Å²) in [6.07, 6.45) is 61.7. The van der Waals surface area contributed by atoms with Crippen molar-refractivity contribution < 1.29 is 28.6 Å². The van der Waals surface area contributed by atoms with Crippen molar-refractivity contribution in [1.29, 1.82) is 0 Å². The first-order valence-corrected chi connectivity index (χ1v) is 25.4. The van der Waals surface area contributed by atoms with Gasteiger partial charge in [-0.1, -0.05) is 203 Å². The SMILES string of the molecule is CCCC/C=C\C/C=C\CCCCCCCC(=O)O[C@@H](COC(=O)CCCCC/C=C\C/C=C\C/C=C\C/C=C\CCCCC)COC(=O)CCCCCCCCCCCC. The van der Waals surface area contributed by atoms with Crippen molar-refractivity contribution in [2.75, 3.05) is 13.2 Å². The third kappa shape index (κ3) is 47.7. The van der Waals surface area contributed by atoms with Crippen LogP contribution in [0, 0.1) is 0 Å². The van der Waals surface area contributed by atoms with Crippen molar-refractivity contribution in [2.24, 2.45) is 0 Å². The van der Waals surface area contributed by atoms with E-state index >= 15 is 0 Å². The zero-order valence-electron chi connectivity index (χ0n) is 39.9. The Morgan fingerprint density at radius 2 is 0.607 bits per heavy atom. The van der Waals surface area contributed by atoms with Gasteiger partial charge in [-0.05, 0) is 89.9 Å². The Kier molecular flexibility index (Phi) is 46.9. The molecule has 6 heteroatoms. The Balaban J connectivity index is 4.43. The maximum atomic E-state index is 12.8. The van der Waals surface area contributed by atoms with Crippen LogP contribution >= 0.6 is 0 Å². The van der Waals surface area contributed by atoms with Gasteiger partial charge in [0.1, 0.15) is 13.2 Å². The second-order valence-corrected chi connectivity index (χ2v) is 16.7. The topological polar surface area (TPSA) is 78.9 Å². The lowest BCUT2D eigenvalue weighted by atomic mass is 10.1. The van der Waals surface area contributed by atoms with E-state index in [2.05, 4.69) is 93.7 Å². The summed E-state index contributed by atoms with van der Waals surface area (Å²) in [7, 11) is 0. The van der Waals surface area contributed by atoms with Crippen LogP contribution in [0.1, 0.15) is 239 Å². The van der Waals surface area contributed by atoms with E-state index in [9.17, 15) is 14.4 Å². The van der Waals surface area contributed by atoms with E-state index in [0.29, 0.717) is 19.3 Å². The van der Waals surface area contributed by atoms with Crippen molar-refractivity contribution in [2.45, 2.75) is 245 Å². The molecular weight excluding hydrogens is 757 g/mol. The van der Waals surface area contributed by atoms with Gasteiger partial charge in [-0.15, -0.1) is 0 Å². The number of ether oxygens (including phenoxy) is 3. The number of hydrogen-bond acceptors (Lipinski definition) is 6. The molecule has 0 bridgehead atoms. The molecule has 0 aromatic heterocycles. The van der Waals surface area contributed by atoms with Crippen molar-refractivity contribution in [3.63, 3.8) is 0 Å². The molecule has 0 aliphatic heterocycles. The Labute approximate surface area is 376 Å². The van der Waals surface area contributed by atoms with Gasteiger partial charge < -0.3 is 14.2 Å². The molecule has 0 N–H and O–H groups in total. The number of rotatable bonds is 45. The Morgan fingerprint density at radius 3 is 1.02 bits per heavy atom. The summed E-state index contributed by atoms with van der Waals surface area (Å²) in [4.78, 5) is 37.9. The number of allylic oxidation sites excluding steroid dienone is 12. The van der Waals surface area contributed by atoms with Gasteiger partial charge in [0.2, 0.25) is 0 Å². The molecule has 0 radical (unpaired) electrons. The van der Waals surface area contributed by atoms with Crippen LogP contribution in [0.25, 0.3) is 0 Å². The molecule has 1 atom stereocenters. The van der Waals surface area contributed by atoms with Gasteiger partial charge in [0.05, 0.1) is 0 Å². The summed E-state index contributed by atoms with van der Waals surface area (Å²) in [5.41, 5.74) is 0. The van der Waals surface area contributed by atoms with E-state index in [1.807, 2.05) is 0 Å². The molecule has 0 amide bonds. The van der Waals surface area contributed by atoms with Gasteiger partial charge in [0.25, 0.3) is 0 Å². The molecule has 0 saturated heterocycles. The zero-order valence-corrected chi connectivity index (χ0v) is 39.9. The molecule has 61 heavy (non-hydrogen) atoms. The van der Waals surface area contributed by atoms with E-state index in [-0.39, 0.29) is 31.1 Å². The van der Waals surface area contributed by atoms with Crippen LogP contribution in [-0.4, -0.2) is 37.2 Å². The maximum absolute atomic E-state index is 12.8. The third-order valence-corrected chi connectivity index (χ3v) is 10.7. The number of carbonyl (C=O) groups is 3. The first kappa shape index (κ1) is 57.9. The lowest BCUT2D eigenvalue weighted by molar-refractivity contribution is -0.167. The van der Waals surface area contributed by atoms with Crippen molar-refractivity contribution in [1.82, 2.24) is 0 Å². The molecule has 0 aromatic rings. The number of hydrogen-bond donors (Lipinski definition) is 0. The fourth-order valence-corrected chi connectivity index (χ4v) is 6.79. The van der Waals surface area contributed by atoms with Crippen molar-refractivity contribution >= 4 is 17.9 Å². The van der Waals surface area contributed by atoms with E-state index in [1.165, 1.54) is 89.9 Å². The minimum Gasteiger partial charge on any atom is -0.462 e. The predicted molar refractivity (Wildman–Crippen MR) is 261 cm³/mol. The number of unbranched alkanes of at least 4 members (excludes halogenated alkanes) is 22. The molecule has 350 valence electrons. The zero-order chi connectivity index (χ0) is 44.4. The fraction of sp³-hybridized carbons (Fsp3) is 0.727. The van der Waals surface area contributed by atoms with Crippen LogP contribution in [0.15, 0.2) is 72.9 Å². The van der Waals surface area contributed by atoms with Gasteiger partial charge in [-0.25, -0.2) is 0 Å². The molecule has 6 nitrogen and oxygen atoms in total. The minimum absolute atomic E-state index is 0.0905. The second-order valence-electron chi connectivity index (χ2n) is 16.7. The van der Waals surface area contributed by atoms with Crippen molar-refractivity contribution in [3.05, 3.63) is 72.9 Å². The van der Waals surface area contributed by atoms with Gasteiger partial charge in [-0.3, -0.25) is 14.4 Å². The molecule has 0 unspecified atom stereocenters. The van der Waals surface area contributed by atoms with Crippen LogP contribution in [-0.2, 0) is 28.6 Å².